The largest absolute Gasteiger partial charge is 0.316 e. The van der Waals surface area contributed by atoms with E-state index in [0.717, 1.165) is 49.1 Å². The standard InChI is InChI=1S/C12H23ClN4/c1-5-14-7-8-17(6-2)9-11-12(13)10(3)15-16(11)4/h14H,5-9H2,1-4H3. The van der Waals surface area contributed by atoms with Gasteiger partial charge in [0.15, 0.2) is 0 Å². The summed E-state index contributed by atoms with van der Waals surface area (Å²) in [6.45, 7) is 11.2. The van der Waals surface area contributed by atoms with Gasteiger partial charge in [-0.1, -0.05) is 25.4 Å². The van der Waals surface area contributed by atoms with Crippen molar-refractivity contribution in [2.24, 2.45) is 7.05 Å². The molecule has 0 aromatic carbocycles. The van der Waals surface area contributed by atoms with Gasteiger partial charge in [0.25, 0.3) is 0 Å². The van der Waals surface area contributed by atoms with E-state index in [-0.39, 0.29) is 0 Å². The number of aromatic nitrogens is 2. The molecule has 17 heavy (non-hydrogen) atoms. The maximum atomic E-state index is 6.25. The lowest BCUT2D eigenvalue weighted by atomic mass is 10.3. The lowest BCUT2D eigenvalue weighted by Gasteiger charge is -2.20. The van der Waals surface area contributed by atoms with Gasteiger partial charge in [-0.2, -0.15) is 5.10 Å². The molecule has 0 atom stereocenters. The Balaban J connectivity index is 2.60. The van der Waals surface area contributed by atoms with E-state index in [9.17, 15) is 0 Å². The molecule has 1 N–H and O–H groups in total. The molecule has 0 aliphatic rings. The highest BCUT2D eigenvalue weighted by Crippen LogP contribution is 2.20. The zero-order valence-electron chi connectivity index (χ0n) is 11.3. The van der Waals surface area contributed by atoms with Crippen molar-refractivity contribution in [3.05, 3.63) is 16.4 Å². The predicted molar refractivity (Wildman–Crippen MR) is 72.4 cm³/mol. The Morgan fingerprint density at radius 3 is 2.59 bits per heavy atom. The van der Waals surface area contributed by atoms with Crippen LogP contribution in [-0.2, 0) is 13.6 Å². The van der Waals surface area contributed by atoms with Crippen molar-refractivity contribution in [2.45, 2.75) is 27.3 Å². The summed E-state index contributed by atoms with van der Waals surface area (Å²) in [5.74, 6) is 0. The fourth-order valence-electron chi connectivity index (χ4n) is 1.83. The third-order valence-corrected chi connectivity index (χ3v) is 3.43. The van der Waals surface area contributed by atoms with Crippen LogP contribution < -0.4 is 5.32 Å². The molecule has 1 heterocycles. The summed E-state index contributed by atoms with van der Waals surface area (Å²) < 4.78 is 1.88. The molecular weight excluding hydrogens is 236 g/mol. The summed E-state index contributed by atoms with van der Waals surface area (Å²) in [6.07, 6.45) is 0. The van der Waals surface area contributed by atoms with Gasteiger partial charge in [-0.3, -0.25) is 9.58 Å². The molecule has 0 radical (unpaired) electrons. The van der Waals surface area contributed by atoms with Crippen LogP contribution in [0, 0.1) is 6.92 Å². The SMILES string of the molecule is CCNCCN(CC)Cc1c(Cl)c(C)nn1C. The second-order valence-electron chi connectivity index (χ2n) is 4.19. The van der Waals surface area contributed by atoms with Gasteiger partial charge < -0.3 is 5.32 Å². The van der Waals surface area contributed by atoms with Crippen molar-refractivity contribution >= 4 is 11.6 Å². The first-order valence-electron chi connectivity index (χ1n) is 6.21. The lowest BCUT2D eigenvalue weighted by Crippen LogP contribution is -2.32. The van der Waals surface area contributed by atoms with Crippen LogP contribution in [0.2, 0.25) is 5.02 Å². The van der Waals surface area contributed by atoms with Gasteiger partial charge >= 0.3 is 0 Å². The van der Waals surface area contributed by atoms with Crippen molar-refractivity contribution in [3.8, 4) is 0 Å². The molecule has 0 aliphatic heterocycles. The smallest absolute Gasteiger partial charge is 0.0860 e. The van der Waals surface area contributed by atoms with Gasteiger partial charge in [0.1, 0.15) is 0 Å². The molecular formula is C12H23ClN4. The Morgan fingerprint density at radius 1 is 1.41 bits per heavy atom. The van der Waals surface area contributed by atoms with E-state index in [1.54, 1.807) is 0 Å². The highest BCUT2D eigenvalue weighted by atomic mass is 35.5. The Morgan fingerprint density at radius 2 is 2.12 bits per heavy atom. The summed E-state index contributed by atoms with van der Waals surface area (Å²) >= 11 is 6.25. The molecule has 1 aromatic rings. The number of hydrogen-bond donors (Lipinski definition) is 1. The third kappa shape index (κ3) is 3.98. The van der Waals surface area contributed by atoms with Crippen LogP contribution in [0.3, 0.4) is 0 Å². The fourth-order valence-corrected chi connectivity index (χ4v) is 2.05. The maximum absolute atomic E-state index is 6.25. The second-order valence-corrected chi connectivity index (χ2v) is 4.57. The number of aryl methyl sites for hydroxylation is 2. The van der Waals surface area contributed by atoms with Crippen molar-refractivity contribution in [2.75, 3.05) is 26.2 Å². The van der Waals surface area contributed by atoms with Gasteiger partial charge in [0.05, 0.1) is 16.4 Å². The third-order valence-electron chi connectivity index (χ3n) is 2.94. The molecule has 0 unspecified atom stereocenters. The first kappa shape index (κ1) is 14.5. The number of halogens is 1. The first-order chi connectivity index (χ1) is 8.10. The van der Waals surface area contributed by atoms with Crippen molar-refractivity contribution in [1.82, 2.24) is 20.0 Å². The van der Waals surface area contributed by atoms with Crippen molar-refractivity contribution in [3.63, 3.8) is 0 Å². The van der Waals surface area contributed by atoms with Crippen LogP contribution >= 0.6 is 11.6 Å². The number of likely N-dealkylation sites (N-methyl/N-ethyl adjacent to an activating group) is 2. The van der Waals surface area contributed by atoms with E-state index in [4.69, 9.17) is 11.6 Å². The lowest BCUT2D eigenvalue weighted by molar-refractivity contribution is 0.272. The number of rotatable bonds is 7. The summed E-state index contributed by atoms with van der Waals surface area (Å²) in [5.41, 5.74) is 2.01. The molecule has 5 heteroatoms. The molecule has 0 bridgehead atoms. The summed E-state index contributed by atoms with van der Waals surface area (Å²) in [5, 5.41) is 8.47. The van der Waals surface area contributed by atoms with Crippen molar-refractivity contribution in [1.29, 1.82) is 0 Å². The van der Waals surface area contributed by atoms with E-state index in [0.29, 0.717) is 0 Å². The minimum atomic E-state index is 0.800. The van der Waals surface area contributed by atoms with Gasteiger partial charge in [-0.25, -0.2) is 0 Å². The number of nitrogens with one attached hydrogen (secondary N) is 1. The molecule has 0 saturated carbocycles. The van der Waals surface area contributed by atoms with Crippen LogP contribution in [0.15, 0.2) is 0 Å². The molecule has 0 aliphatic carbocycles. The van der Waals surface area contributed by atoms with E-state index in [1.165, 1.54) is 0 Å². The maximum Gasteiger partial charge on any atom is 0.0860 e. The van der Waals surface area contributed by atoms with Crippen LogP contribution in [-0.4, -0.2) is 40.9 Å². The quantitative estimate of drug-likeness (QED) is 0.758. The number of nitrogens with zero attached hydrogens (tertiary/aromatic N) is 3. The molecule has 4 nitrogen and oxygen atoms in total. The average Bonchev–Trinajstić information content (AvgIpc) is 2.54. The van der Waals surface area contributed by atoms with Crippen LogP contribution in [0.25, 0.3) is 0 Å². The van der Waals surface area contributed by atoms with Gasteiger partial charge in [0, 0.05) is 26.7 Å². The average molecular weight is 259 g/mol. The highest BCUT2D eigenvalue weighted by Gasteiger charge is 2.13. The van der Waals surface area contributed by atoms with Gasteiger partial charge in [-0.15, -0.1) is 0 Å². The Labute approximate surface area is 109 Å². The van der Waals surface area contributed by atoms with E-state index >= 15 is 0 Å². The topological polar surface area (TPSA) is 33.1 Å². The molecule has 1 rings (SSSR count). The van der Waals surface area contributed by atoms with E-state index in [1.807, 2.05) is 18.7 Å². The van der Waals surface area contributed by atoms with Gasteiger partial charge in [0.2, 0.25) is 0 Å². The van der Waals surface area contributed by atoms with Gasteiger partial charge in [-0.05, 0) is 20.0 Å². The Kier molecular flexibility index (Phi) is 5.95. The van der Waals surface area contributed by atoms with Crippen LogP contribution in [0.5, 0.6) is 0 Å². The predicted octanol–water partition coefficient (Wildman–Crippen LogP) is 1.81. The molecule has 0 saturated heterocycles. The Bertz CT molecular complexity index is 349. The first-order valence-corrected chi connectivity index (χ1v) is 6.58. The summed E-state index contributed by atoms with van der Waals surface area (Å²) in [4.78, 5) is 2.37. The monoisotopic (exact) mass is 258 g/mol. The van der Waals surface area contributed by atoms with Crippen LogP contribution in [0.1, 0.15) is 25.2 Å². The molecule has 0 spiro atoms. The van der Waals surface area contributed by atoms with E-state index in [2.05, 4.69) is 29.2 Å². The molecule has 0 fully saturated rings. The molecule has 1 aromatic heterocycles. The summed E-state index contributed by atoms with van der Waals surface area (Å²) in [6, 6.07) is 0. The fraction of sp³-hybridized carbons (Fsp3) is 0.750. The minimum Gasteiger partial charge on any atom is -0.316 e. The minimum absolute atomic E-state index is 0.800. The molecule has 0 amide bonds. The second kappa shape index (κ2) is 6.99. The highest BCUT2D eigenvalue weighted by molar-refractivity contribution is 6.31. The van der Waals surface area contributed by atoms with E-state index < -0.39 is 0 Å². The number of hydrogen-bond acceptors (Lipinski definition) is 3. The van der Waals surface area contributed by atoms with Crippen molar-refractivity contribution < 1.29 is 0 Å². The van der Waals surface area contributed by atoms with Crippen LogP contribution in [0.4, 0.5) is 0 Å². The zero-order valence-corrected chi connectivity index (χ0v) is 12.0. The Hall–Kier alpha value is -0.580. The summed E-state index contributed by atoms with van der Waals surface area (Å²) in [7, 11) is 1.95. The molecule has 98 valence electrons. The zero-order chi connectivity index (χ0) is 12.8. The normalized spacial score (nSPS) is 11.4.